The van der Waals surface area contributed by atoms with Gasteiger partial charge in [0.1, 0.15) is 11.7 Å². The summed E-state index contributed by atoms with van der Waals surface area (Å²) in [5.74, 6) is 2.06. The van der Waals surface area contributed by atoms with Crippen LogP contribution in [0.3, 0.4) is 0 Å². The monoisotopic (exact) mass is 359 g/mol. The van der Waals surface area contributed by atoms with E-state index < -0.39 is 0 Å². The average molecular weight is 360 g/mol. The van der Waals surface area contributed by atoms with Crippen LogP contribution >= 0.6 is 0 Å². The van der Waals surface area contributed by atoms with Gasteiger partial charge in [0.25, 0.3) is 0 Å². The highest BCUT2D eigenvalue weighted by atomic mass is 15.1. The maximum atomic E-state index is 5.07. The molecular formula is C24H29N3. The summed E-state index contributed by atoms with van der Waals surface area (Å²) in [5.41, 5.74) is 2.09. The maximum Gasteiger partial charge on any atom is 0.134 e. The highest BCUT2D eigenvalue weighted by Gasteiger charge is 2.15. The average Bonchev–Trinajstić information content (AvgIpc) is 2.71. The largest absolute Gasteiger partial charge is 0.325 e. The standard InChI is InChI=1S/C24H29N3/c1-5-6-9-18-22(19(2)3)26-24(21-16-12-8-13-17-21)27-23(25-4)20-14-10-7-11-15-20/h5-17,19,22H,1,18H2,2-4H3,(H,25,26,27)/b9-6-/t22-/m1/s1. The SMILES string of the molecule is C=C/C=C\C[C@@H](N=C(NC(=NC)c1ccccc1)c1ccccc1)C(C)C. The van der Waals surface area contributed by atoms with E-state index in [1.165, 1.54) is 0 Å². The fourth-order valence-electron chi connectivity index (χ4n) is 2.69. The Hall–Kier alpha value is -2.94. The van der Waals surface area contributed by atoms with E-state index in [1.807, 2.05) is 54.6 Å². The van der Waals surface area contributed by atoms with Crippen molar-refractivity contribution in [3.8, 4) is 0 Å². The molecule has 0 saturated carbocycles. The first-order valence-electron chi connectivity index (χ1n) is 9.35. The molecule has 0 aromatic heterocycles. The first-order chi connectivity index (χ1) is 13.2. The first-order valence-corrected chi connectivity index (χ1v) is 9.35. The number of amidine groups is 2. The lowest BCUT2D eigenvalue weighted by molar-refractivity contribution is 0.499. The van der Waals surface area contributed by atoms with E-state index in [9.17, 15) is 0 Å². The van der Waals surface area contributed by atoms with Crippen molar-refractivity contribution in [3.63, 3.8) is 0 Å². The predicted molar refractivity (Wildman–Crippen MR) is 118 cm³/mol. The van der Waals surface area contributed by atoms with E-state index in [0.29, 0.717) is 5.92 Å². The molecule has 140 valence electrons. The molecule has 0 fully saturated rings. The minimum absolute atomic E-state index is 0.165. The van der Waals surface area contributed by atoms with Gasteiger partial charge in [0, 0.05) is 18.2 Å². The predicted octanol–water partition coefficient (Wildman–Crippen LogP) is 5.26. The third kappa shape index (κ3) is 6.37. The molecule has 1 N–H and O–H groups in total. The van der Waals surface area contributed by atoms with Crippen molar-refractivity contribution >= 4 is 11.7 Å². The molecule has 0 radical (unpaired) electrons. The minimum atomic E-state index is 0.165. The number of nitrogens with one attached hydrogen (secondary N) is 1. The summed E-state index contributed by atoms with van der Waals surface area (Å²) in [7, 11) is 1.80. The van der Waals surface area contributed by atoms with Crippen LogP contribution in [0.5, 0.6) is 0 Å². The van der Waals surface area contributed by atoms with Gasteiger partial charge >= 0.3 is 0 Å². The van der Waals surface area contributed by atoms with Crippen molar-refractivity contribution in [2.75, 3.05) is 7.05 Å². The van der Waals surface area contributed by atoms with E-state index in [-0.39, 0.29) is 6.04 Å². The highest BCUT2D eigenvalue weighted by molar-refractivity contribution is 6.14. The normalized spacial score (nSPS) is 13.8. The Bertz CT molecular complexity index is 787. The van der Waals surface area contributed by atoms with Gasteiger partial charge in [0.15, 0.2) is 0 Å². The molecule has 2 aromatic carbocycles. The highest BCUT2D eigenvalue weighted by Crippen LogP contribution is 2.14. The van der Waals surface area contributed by atoms with Crippen LogP contribution in [-0.2, 0) is 0 Å². The molecule has 0 spiro atoms. The van der Waals surface area contributed by atoms with Crippen LogP contribution in [0.25, 0.3) is 0 Å². The van der Waals surface area contributed by atoms with E-state index in [2.05, 4.69) is 48.9 Å². The van der Waals surface area contributed by atoms with Gasteiger partial charge in [-0.05, 0) is 12.3 Å². The summed E-state index contributed by atoms with van der Waals surface area (Å²) in [6.07, 6.45) is 6.76. The van der Waals surface area contributed by atoms with Gasteiger partial charge in [0.05, 0.1) is 6.04 Å². The summed E-state index contributed by atoms with van der Waals surface area (Å²) in [4.78, 5) is 9.52. The summed E-state index contributed by atoms with van der Waals surface area (Å²) >= 11 is 0. The molecule has 0 heterocycles. The Labute approximate surface area is 163 Å². The zero-order chi connectivity index (χ0) is 19.5. The van der Waals surface area contributed by atoms with Gasteiger partial charge in [-0.1, -0.05) is 99.3 Å². The Kier molecular flexibility index (Phi) is 8.24. The molecule has 1 atom stereocenters. The van der Waals surface area contributed by atoms with Gasteiger partial charge < -0.3 is 5.32 Å². The second-order valence-electron chi connectivity index (χ2n) is 6.62. The molecule has 3 nitrogen and oxygen atoms in total. The molecule has 0 bridgehead atoms. The summed E-state index contributed by atoms with van der Waals surface area (Å²) in [6, 6.07) is 20.5. The van der Waals surface area contributed by atoms with Gasteiger partial charge in [-0.3, -0.25) is 9.98 Å². The number of hydrogen-bond acceptors (Lipinski definition) is 2. The first kappa shape index (κ1) is 20.4. The smallest absolute Gasteiger partial charge is 0.134 e. The molecule has 0 unspecified atom stereocenters. The van der Waals surface area contributed by atoms with Crippen LogP contribution in [0.2, 0.25) is 0 Å². The van der Waals surface area contributed by atoms with Crippen molar-refractivity contribution in [2.24, 2.45) is 15.9 Å². The molecule has 2 rings (SSSR count). The summed E-state index contributed by atoms with van der Waals surface area (Å²) in [5, 5.41) is 3.47. The number of rotatable bonds is 7. The molecule has 27 heavy (non-hydrogen) atoms. The lowest BCUT2D eigenvalue weighted by atomic mass is 10.0. The molecule has 0 aliphatic rings. The number of allylic oxidation sites excluding steroid dienone is 2. The second-order valence-corrected chi connectivity index (χ2v) is 6.62. The van der Waals surface area contributed by atoms with Crippen LogP contribution in [0, 0.1) is 5.92 Å². The lowest BCUT2D eigenvalue weighted by Gasteiger charge is -2.19. The van der Waals surface area contributed by atoms with E-state index in [0.717, 1.165) is 29.2 Å². The van der Waals surface area contributed by atoms with Crippen molar-refractivity contribution in [3.05, 3.63) is 96.6 Å². The van der Waals surface area contributed by atoms with Crippen LogP contribution in [0.4, 0.5) is 0 Å². The van der Waals surface area contributed by atoms with Crippen molar-refractivity contribution in [1.82, 2.24) is 5.32 Å². The lowest BCUT2D eigenvalue weighted by Crippen LogP contribution is -2.34. The topological polar surface area (TPSA) is 36.8 Å². The Morgan fingerprint density at radius 3 is 2.00 bits per heavy atom. The quantitative estimate of drug-likeness (QED) is 0.409. The van der Waals surface area contributed by atoms with Gasteiger partial charge in [0.2, 0.25) is 0 Å². The minimum Gasteiger partial charge on any atom is -0.325 e. The summed E-state index contributed by atoms with van der Waals surface area (Å²) in [6.45, 7) is 8.14. The maximum absolute atomic E-state index is 5.07. The molecule has 0 aliphatic heterocycles. The summed E-state index contributed by atoms with van der Waals surface area (Å²) < 4.78 is 0. The van der Waals surface area contributed by atoms with Crippen molar-refractivity contribution < 1.29 is 0 Å². The van der Waals surface area contributed by atoms with Gasteiger partial charge in [-0.25, -0.2) is 0 Å². The molecule has 0 aliphatic carbocycles. The second kappa shape index (κ2) is 10.9. The van der Waals surface area contributed by atoms with Crippen LogP contribution in [0.1, 0.15) is 31.4 Å². The number of aliphatic imine (C=N–C) groups is 2. The van der Waals surface area contributed by atoms with Crippen LogP contribution in [0.15, 0.2) is 95.5 Å². The number of nitrogens with zero attached hydrogens (tertiary/aromatic N) is 2. The van der Waals surface area contributed by atoms with Crippen LogP contribution in [-0.4, -0.2) is 24.8 Å². The zero-order valence-corrected chi connectivity index (χ0v) is 16.5. The van der Waals surface area contributed by atoms with Crippen molar-refractivity contribution in [2.45, 2.75) is 26.3 Å². The van der Waals surface area contributed by atoms with E-state index in [4.69, 9.17) is 4.99 Å². The Balaban J connectivity index is 2.38. The number of benzene rings is 2. The third-order valence-electron chi connectivity index (χ3n) is 4.27. The van der Waals surface area contributed by atoms with Gasteiger partial charge in [-0.15, -0.1) is 0 Å². The molecule has 3 heteroatoms. The molecule has 0 amide bonds. The number of hydrogen-bond donors (Lipinski definition) is 1. The van der Waals surface area contributed by atoms with Gasteiger partial charge in [-0.2, -0.15) is 0 Å². The fraction of sp³-hybridized carbons (Fsp3) is 0.250. The molecular weight excluding hydrogens is 330 g/mol. The Morgan fingerprint density at radius 1 is 0.963 bits per heavy atom. The Morgan fingerprint density at radius 2 is 1.52 bits per heavy atom. The van der Waals surface area contributed by atoms with Crippen LogP contribution < -0.4 is 5.32 Å². The molecule has 2 aromatic rings. The van der Waals surface area contributed by atoms with E-state index >= 15 is 0 Å². The fourth-order valence-corrected chi connectivity index (χ4v) is 2.69. The van der Waals surface area contributed by atoms with Crippen molar-refractivity contribution in [1.29, 1.82) is 0 Å². The zero-order valence-electron chi connectivity index (χ0n) is 16.5. The van der Waals surface area contributed by atoms with E-state index in [1.54, 1.807) is 13.1 Å². The molecule has 0 saturated heterocycles. The third-order valence-corrected chi connectivity index (χ3v) is 4.27.